The van der Waals surface area contributed by atoms with Crippen LogP contribution >= 0.6 is 0 Å². The van der Waals surface area contributed by atoms with Crippen LogP contribution in [0.4, 0.5) is 10.5 Å². The Bertz CT molecular complexity index is 682. The van der Waals surface area contributed by atoms with Gasteiger partial charge in [0.2, 0.25) is 0 Å². The summed E-state index contributed by atoms with van der Waals surface area (Å²) >= 11 is 0. The Labute approximate surface area is 137 Å². The van der Waals surface area contributed by atoms with Crippen molar-refractivity contribution in [3.05, 3.63) is 54.1 Å². The summed E-state index contributed by atoms with van der Waals surface area (Å²) in [5.74, 6) is 2.15. The Morgan fingerprint density at radius 3 is 2.61 bits per heavy atom. The molecule has 1 N–H and O–H groups in total. The number of hydrogen-bond acceptors (Lipinski definition) is 2. The van der Waals surface area contributed by atoms with Crippen molar-refractivity contribution in [2.24, 2.45) is 5.92 Å². The van der Waals surface area contributed by atoms with E-state index in [2.05, 4.69) is 12.2 Å². The second-order valence-corrected chi connectivity index (χ2v) is 6.21. The van der Waals surface area contributed by atoms with Crippen LogP contribution in [0.5, 0.6) is 11.5 Å². The maximum absolute atomic E-state index is 12.2. The van der Waals surface area contributed by atoms with Crippen molar-refractivity contribution in [1.29, 1.82) is 0 Å². The van der Waals surface area contributed by atoms with Gasteiger partial charge in [-0.3, -0.25) is 0 Å². The molecule has 0 spiro atoms. The number of benzene rings is 2. The molecule has 0 aromatic heterocycles. The first-order valence-corrected chi connectivity index (χ1v) is 8.01. The van der Waals surface area contributed by atoms with Crippen molar-refractivity contribution in [3.63, 3.8) is 0 Å². The summed E-state index contributed by atoms with van der Waals surface area (Å²) < 4.78 is 5.81. The number of ether oxygens (including phenoxy) is 1. The zero-order valence-corrected chi connectivity index (χ0v) is 13.6. The average molecular weight is 310 g/mol. The van der Waals surface area contributed by atoms with E-state index in [1.54, 1.807) is 0 Å². The Morgan fingerprint density at radius 1 is 1.17 bits per heavy atom. The van der Waals surface area contributed by atoms with Crippen molar-refractivity contribution >= 4 is 11.7 Å². The molecule has 120 valence electrons. The number of hydrogen-bond donors (Lipinski definition) is 1. The third-order valence-electron chi connectivity index (χ3n) is 4.04. The van der Waals surface area contributed by atoms with E-state index in [0.29, 0.717) is 5.92 Å². The van der Waals surface area contributed by atoms with Crippen LogP contribution in [-0.2, 0) is 0 Å². The number of nitrogens with zero attached hydrogens (tertiary/aromatic N) is 1. The number of urea groups is 1. The lowest BCUT2D eigenvalue weighted by Gasteiger charge is -2.17. The van der Waals surface area contributed by atoms with Crippen LogP contribution in [-0.4, -0.2) is 24.0 Å². The van der Waals surface area contributed by atoms with Crippen LogP contribution in [0.1, 0.15) is 18.9 Å². The van der Waals surface area contributed by atoms with E-state index >= 15 is 0 Å². The number of likely N-dealkylation sites (tertiary alicyclic amines) is 1. The first-order chi connectivity index (χ1) is 11.1. The van der Waals surface area contributed by atoms with Gasteiger partial charge in [-0.05, 0) is 61.2 Å². The SMILES string of the molecule is Cc1cccc(Oc2ccc(NC(=O)N3CCC(C)C3)cc2)c1. The van der Waals surface area contributed by atoms with Gasteiger partial charge in [-0.15, -0.1) is 0 Å². The average Bonchev–Trinajstić information content (AvgIpc) is 2.96. The Hall–Kier alpha value is -2.49. The van der Waals surface area contributed by atoms with Crippen molar-refractivity contribution in [2.45, 2.75) is 20.3 Å². The number of amides is 2. The molecule has 0 radical (unpaired) electrons. The highest BCUT2D eigenvalue weighted by molar-refractivity contribution is 5.89. The summed E-state index contributed by atoms with van der Waals surface area (Å²) in [6.07, 6.45) is 1.08. The minimum absolute atomic E-state index is 0.0262. The monoisotopic (exact) mass is 310 g/mol. The van der Waals surface area contributed by atoms with Crippen molar-refractivity contribution in [2.75, 3.05) is 18.4 Å². The number of rotatable bonds is 3. The predicted molar refractivity (Wildman–Crippen MR) is 92.1 cm³/mol. The van der Waals surface area contributed by atoms with Gasteiger partial charge < -0.3 is 15.0 Å². The molecule has 1 heterocycles. The molecule has 0 saturated carbocycles. The molecule has 1 saturated heterocycles. The molecular weight excluding hydrogens is 288 g/mol. The van der Waals surface area contributed by atoms with Crippen LogP contribution in [0.3, 0.4) is 0 Å². The van der Waals surface area contributed by atoms with Gasteiger partial charge in [-0.2, -0.15) is 0 Å². The molecule has 0 bridgehead atoms. The zero-order chi connectivity index (χ0) is 16.2. The van der Waals surface area contributed by atoms with E-state index in [-0.39, 0.29) is 6.03 Å². The van der Waals surface area contributed by atoms with Gasteiger partial charge in [-0.25, -0.2) is 4.79 Å². The maximum Gasteiger partial charge on any atom is 0.321 e. The summed E-state index contributed by atoms with van der Waals surface area (Å²) in [4.78, 5) is 14.0. The smallest absolute Gasteiger partial charge is 0.321 e. The summed E-state index contributed by atoms with van der Waals surface area (Å²) in [7, 11) is 0. The van der Waals surface area contributed by atoms with Crippen molar-refractivity contribution in [1.82, 2.24) is 4.90 Å². The summed E-state index contributed by atoms with van der Waals surface area (Å²) in [6, 6.07) is 15.4. The number of anilines is 1. The van der Waals surface area contributed by atoms with Gasteiger partial charge in [0, 0.05) is 18.8 Å². The van der Waals surface area contributed by atoms with Gasteiger partial charge in [0.15, 0.2) is 0 Å². The molecule has 1 aliphatic heterocycles. The minimum atomic E-state index is -0.0262. The van der Waals surface area contributed by atoms with E-state index < -0.39 is 0 Å². The molecule has 1 unspecified atom stereocenters. The molecule has 0 aliphatic carbocycles. The van der Waals surface area contributed by atoms with Crippen LogP contribution in [0.2, 0.25) is 0 Å². The Morgan fingerprint density at radius 2 is 1.96 bits per heavy atom. The molecule has 1 fully saturated rings. The topological polar surface area (TPSA) is 41.6 Å². The molecule has 1 aliphatic rings. The lowest BCUT2D eigenvalue weighted by atomic mass is 10.2. The fourth-order valence-corrected chi connectivity index (χ4v) is 2.74. The largest absolute Gasteiger partial charge is 0.457 e. The molecule has 2 aromatic rings. The van der Waals surface area contributed by atoms with E-state index in [1.165, 1.54) is 0 Å². The Kier molecular flexibility index (Phi) is 4.51. The van der Waals surface area contributed by atoms with Gasteiger partial charge in [0.1, 0.15) is 11.5 Å². The van der Waals surface area contributed by atoms with Crippen LogP contribution in [0.15, 0.2) is 48.5 Å². The highest BCUT2D eigenvalue weighted by Crippen LogP contribution is 2.24. The van der Waals surface area contributed by atoms with Gasteiger partial charge >= 0.3 is 6.03 Å². The predicted octanol–water partition coefficient (Wildman–Crippen LogP) is 4.66. The molecule has 1 atom stereocenters. The summed E-state index contributed by atoms with van der Waals surface area (Å²) in [5, 5.41) is 2.94. The highest BCUT2D eigenvalue weighted by atomic mass is 16.5. The second kappa shape index (κ2) is 6.73. The first kappa shape index (κ1) is 15.4. The maximum atomic E-state index is 12.2. The fourth-order valence-electron chi connectivity index (χ4n) is 2.74. The number of carbonyl (C=O) groups excluding carboxylic acids is 1. The first-order valence-electron chi connectivity index (χ1n) is 8.01. The molecular formula is C19H22N2O2. The molecule has 2 aromatic carbocycles. The van der Waals surface area contributed by atoms with E-state index in [4.69, 9.17) is 4.74 Å². The van der Waals surface area contributed by atoms with Crippen LogP contribution in [0, 0.1) is 12.8 Å². The third kappa shape index (κ3) is 4.03. The number of carbonyl (C=O) groups is 1. The molecule has 2 amide bonds. The molecule has 3 rings (SSSR count). The number of aryl methyl sites for hydroxylation is 1. The van der Waals surface area contributed by atoms with Crippen molar-refractivity contribution < 1.29 is 9.53 Å². The summed E-state index contributed by atoms with van der Waals surface area (Å²) in [6.45, 7) is 5.87. The van der Waals surface area contributed by atoms with Crippen LogP contribution in [0.25, 0.3) is 0 Å². The van der Waals surface area contributed by atoms with E-state index in [9.17, 15) is 4.79 Å². The quantitative estimate of drug-likeness (QED) is 0.895. The van der Waals surface area contributed by atoms with Gasteiger partial charge in [0.05, 0.1) is 0 Å². The lowest BCUT2D eigenvalue weighted by molar-refractivity contribution is 0.221. The third-order valence-corrected chi connectivity index (χ3v) is 4.04. The summed E-state index contributed by atoms with van der Waals surface area (Å²) in [5.41, 5.74) is 1.94. The molecule has 4 nitrogen and oxygen atoms in total. The highest BCUT2D eigenvalue weighted by Gasteiger charge is 2.22. The Balaban J connectivity index is 1.59. The lowest BCUT2D eigenvalue weighted by Crippen LogP contribution is -2.32. The van der Waals surface area contributed by atoms with E-state index in [0.717, 1.165) is 42.3 Å². The normalized spacial score (nSPS) is 17.1. The van der Waals surface area contributed by atoms with Crippen LogP contribution < -0.4 is 10.1 Å². The number of nitrogens with one attached hydrogen (secondary N) is 1. The van der Waals surface area contributed by atoms with Gasteiger partial charge in [-0.1, -0.05) is 19.1 Å². The van der Waals surface area contributed by atoms with E-state index in [1.807, 2.05) is 60.4 Å². The zero-order valence-electron chi connectivity index (χ0n) is 13.6. The van der Waals surface area contributed by atoms with Gasteiger partial charge in [0.25, 0.3) is 0 Å². The minimum Gasteiger partial charge on any atom is -0.457 e. The molecule has 4 heteroatoms. The fraction of sp³-hybridized carbons (Fsp3) is 0.316. The second-order valence-electron chi connectivity index (χ2n) is 6.21. The van der Waals surface area contributed by atoms with Crippen molar-refractivity contribution in [3.8, 4) is 11.5 Å². The standard InChI is InChI=1S/C19H22N2O2/c1-14-4-3-5-18(12-14)23-17-8-6-16(7-9-17)20-19(22)21-11-10-15(2)13-21/h3-9,12,15H,10-11,13H2,1-2H3,(H,20,22). The molecule has 23 heavy (non-hydrogen) atoms.